The minimum atomic E-state index is -0.699. The van der Waals surface area contributed by atoms with Crippen LogP contribution in [0.2, 0.25) is 0 Å². The first-order valence-corrected chi connectivity index (χ1v) is 7.54. The number of halogens is 1. The molecule has 110 valence electrons. The van der Waals surface area contributed by atoms with E-state index in [1.54, 1.807) is 11.4 Å². The van der Waals surface area contributed by atoms with E-state index in [1.165, 1.54) is 12.1 Å². The zero-order chi connectivity index (χ0) is 14.4. The van der Waals surface area contributed by atoms with Crippen LogP contribution in [0.1, 0.15) is 24.8 Å². The lowest BCUT2D eigenvalue weighted by molar-refractivity contribution is -0.139. The fourth-order valence-electron chi connectivity index (χ4n) is 3.37. The fourth-order valence-corrected chi connectivity index (χ4v) is 3.60. The lowest BCUT2D eigenvalue weighted by Crippen LogP contribution is -2.46. The maximum absolute atomic E-state index is 13.7. The molecule has 0 radical (unpaired) electrons. The maximum Gasteiger partial charge on any atom is 0.201 e. The van der Waals surface area contributed by atoms with Gasteiger partial charge < -0.3 is 9.64 Å². The Morgan fingerprint density at radius 2 is 2.33 bits per heavy atom. The number of hydrogen-bond acceptors (Lipinski definition) is 5. The number of nitrogens with one attached hydrogen (secondary N) is 1. The first kappa shape index (κ1) is 13.0. The Labute approximate surface area is 127 Å². The predicted octanol–water partition coefficient (Wildman–Crippen LogP) is 2.60. The van der Waals surface area contributed by atoms with Crippen molar-refractivity contribution in [3.05, 3.63) is 41.0 Å². The summed E-state index contributed by atoms with van der Waals surface area (Å²) in [5, 5.41) is 1.70. The highest BCUT2D eigenvalue weighted by Gasteiger charge is 2.51. The number of hydrogen-bond donors (Lipinski definition) is 1. The van der Waals surface area contributed by atoms with Crippen LogP contribution < -0.4 is 10.2 Å². The molecule has 0 bridgehead atoms. The lowest BCUT2D eigenvalue weighted by Gasteiger charge is -2.41. The van der Waals surface area contributed by atoms with Gasteiger partial charge in [0.25, 0.3) is 0 Å². The van der Waals surface area contributed by atoms with E-state index in [2.05, 4.69) is 10.4 Å². The van der Waals surface area contributed by atoms with E-state index in [-0.39, 0.29) is 5.82 Å². The number of rotatable bonds is 1. The highest BCUT2D eigenvalue weighted by Crippen LogP contribution is 2.48. The maximum atomic E-state index is 13.7. The molecule has 1 saturated heterocycles. The van der Waals surface area contributed by atoms with E-state index < -0.39 is 5.72 Å². The third kappa shape index (κ3) is 1.79. The molecule has 4 rings (SSSR count). The van der Waals surface area contributed by atoms with Gasteiger partial charge in [-0.1, -0.05) is 12.2 Å². The molecule has 1 spiro atoms. The number of hydroxylamine groups is 1. The zero-order valence-corrected chi connectivity index (χ0v) is 12.2. The number of ether oxygens (including phenoxy) is 1. The minimum Gasteiger partial charge on any atom is -0.493 e. The van der Waals surface area contributed by atoms with Crippen LogP contribution in [-0.2, 0) is 10.6 Å². The number of benzene rings is 1. The summed E-state index contributed by atoms with van der Waals surface area (Å²) in [5.74, 6) is 1.31. The van der Waals surface area contributed by atoms with E-state index in [4.69, 9.17) is 21.8 Å². The van der Waals surface area contributed by atoms with E-state index in [9.17, 15) is 4.39 Å². The molecule has 0 saturated carbocycles. The van der Waals surface area contributed by atoms with Gasteiger partial charge in [-0.05, 0) is 31.0 Å². The standard InChI is InChI=1S/C15H15FN2O2S/c16-11-3-4-13-12(8-11)15(5-7-19-13)18-6-1-2-10(9-21)14(18)17-20-15/h3-4,8-9,17H,1-2,5-7H2. The van der Waals surface area contributed by atoms with Crippen molar-refractivity contribution in [3.63, 3.8) is 0 Å². The van der Waals surface area contributed by atoms with Gasteiger partial charge in [0.2, 0.25) is 5.72 Å². The van der Waals surface area contributed by atoms with E-state index in [1.807, 2.05) is 0 Å². The monoisotopic (exact) mass is 306 g/mol. The second kappa shape index (κ2) is 4.68. The Hall–Kier alpha value is -1.66. The molecule has 6 heteroatoms. The van der Waals surface area contributed by atoms with Crippen LogP contribution in [0.15, 0.2) is 29.6 Å². The molecule has 1 aromatic carbocycles. The molecule has 1 N–H and O–H groups in total. The molecule has 3 aliphatic heterocycles. The number of nitrogens with zero attached hydrogens (tertiary/aromatic N) is 1. The van der Waals surface area contributed by atoms with Crippen molar-refractivity contribution in [2.45, 2.75) is 25.0 Å². The molecule has 3 heterocycles. The molecule has 0 aliphatic carbocycles. The molecule has 1 unspecified atom stereocenters. The summed E-state index contributed by atoms with van der Waals surface area (Å²) in [4.78, 5) is 8.11. The summed E-state index contributed by atoms with van der Waals surface area (Å²) >= 11 is 5.09. The summed E-state index contributed by atoms with van der Waals surface area (Å²) < 4.78 is 19.4. The molecule has 4 nitrogen and oxygen atoms in total. The highest BCUT2D eigenvalue weighted by molar-refractivity contribution is 7.79. The van der Waals surface area contributed by atoms with Crippen molar-refractivity contribution in [2.75, 3.05) is 13.2 Å². The van der Waals surface area contributed by atoms with Gasteiger partial charge in [0.15, 0.2) is 0 Å². The number of thiocarbonyl (C=S) groups is 1. The molecule has 1 aromatic rings. The van der Waals surface area contributed by atoms with Crippen LogP contribution in [0, 0.1) is 5.82 Å². The van der Waals surface area contributed by atoms with Crippen molar-refractivity contribution < 1.29 is 14.0 Å². The molecular weight excluding hydrogens is 291 g/mol. The van der Waals surface area contributed by atoms with Gasteiger partial charge in [0, 0.05) is 23.9 Å². The van der Waals surface area contributed by atoms with Gasteiger partial charge in [0.1, 0.15) is 17.4 Å². The van der Waals surface area contributed by atoms with Crippen molar-refractivity contribution >= 4 is 17.6 Å². The second-order valence-electron chi connectivity index (χ2n) is 5.47. The van der Waals surface area contributed by atoms with Gasteiger partial charge in [-0.15, -0.1) is 0 Å². The molecule has 0 aromatic heterocycles. The Balaban J connectivity index is 1.87. The first-order chi connectivity index (χ1) is 10.2. The average Bonchev–Trinajstić information content (AvgIpc) is 2.88. The van der Waals surface area contributed by atoms with Crippen molar-refractivity contribution in [2.24, 2.45) is 0 Å². The highest BCUT2D eigenvalue weighted by atomic mass is 32.1. The smallest absolute Gasteiger partial charge is 0.201 e. The summed E-state index contributed by atoms with van der Waals surface area (Å²) in [6.07, 6.45) is 2.59. The van der Waals surface area contributed by atoms with Crippen molar-refractivity contribution in [1.29, 1.82) is 0 Å². The first-order valence-electron chi connectivity index (χ1n) is 7.07. The van der Waals surface area contributed by atoms with Gasteiger partial charge in [-0.3, -0.25) is 0 Å². The molecule has 21 heavy (non-hydrogen) atoms. The molecule has 3 aliphatic rings. The summed E-state index contributed by atoms with van der Waals surface area (Å²) in [6, 6.07) is 4.58. The van der Waals surface area contributed by atoms with Crippen LogP contribution in [0.3, 0.4) is 0 Å². The summed E-state index contributed by atoms with van der Waals surface area (Å²) in [7, 11) is 0. The lowest BCUT2D eigenvalue weighted by atomic mass is 9.92. The Bertz CT molecular complexity index is 649. The Morgan fingerprint density at radius 3 is 3.19 bits per heavy atom. The second-order valence-corrected chi connectivity index (χ2v) is 5.71. The van der Waals surface area contributed by atoms with E-state index in [0.717, 1.165) is 36.3 Å². The summed E-state index contributed by atoms with van der Waals surface area (Å²) in [6.45, 7) is 1.39. The van der Waals surface area contributed by atoms with E-state index in [0.29, 0.717) is 18.8 Å². The Morgan fingerprint density at radius 1 is 1.43 bits per heavy atom. The summed E-state index contributed by atoms with van der Waals surface area (Å²) in [5.41, 5.74) is 4.12. The third-order valence-electron chi connectivity index (χ3n) is 4.36. The molecular formula is C15H15FN2O2S. The molecule has 0 amide bonds. The topological polar surface area (TPSA) is 33.7 Å². The van der Waals surface area contributed by atoms with Crippen LogP contribution in [0.4, 0.5) is 4.39 Å². The van der Waals surface area contributed by atoms with Crippen LogP contribution in [-0.4, -0.2) is 23.4 Å². The fraction of sp³-hybridized carbons (Fsp3) is 0.400. The van der Waals surface area contributed by atoms with Gasteiger partial charge in [0.05, 0.1) is 12.2 Å². The van der Waals surface area contributed by atoms with Gasteiger partial charge in [-0.2, -0.15) is 0 Å². The van der Waals surface area contributed by atoms with E-state index >= 15 is 0 Å². The minimum absolute atomic E-state index is 0.285. The van der Waals surface area contributed by atoms with Gasteiger partial charge in [-0.25, -0.2) is 14.7 Å². The number of fused-ring (bicyclic) bond motifs is 4. The van der Waals surface area contributed by atoms with Crippen LogP contribution >= 0.6 is 12.2 Å². The predicted molar refractivity (Wildman–Crippen MR) is 79.0 cm³/mol. The largest absolute Gasteiger partial charge is 0.493 e. The third-order valence-corrected chi connectivity index (χ3v) is 4.64. The quantitative estimate of drug-likeness (QED) is 0.807. The normalized spacial score (nSPS) is 27.0. The average molecular weight is 306 g/mol. The van der Waals surface area contributed by atoms with Crippen molar-refractivity contribution in [1.82, 2.24) is 10.4 Å². The van der Waals surface area contributed by atoms with Crippen LogP contribution in [0.5, 0.6) is 5.75 Å². The van der Waals surface area contributed by atoms with Crippen LogP contribution in [0.25, 0.3) is 0 Å². The molecule has 1 atom stereocenters. The van der Waals surface area contributed by atoms with Gasteiger partial charge >= 0.3 is 0 Å². The van der Waals surface area contributed by atoms with Crippen molar-refractivity contribution in [3.8, 4) is 5.75 Å². The molecule has 1 fully saturated rings. The zero-order valence-electron chi connectivity index (χ0n) is 11.4. The Kier molecular flexibility index (Phi) is 2.90. The number of allylic oxidation sites excluding steroid dienone is 1. The SMILES string of the molecule is Fc1ccc2c(c1)C1(CCO2)ONC2=C(C=S)CCCN21.